The molecule has 27 heavy (non-hydrogen) atoms. The minimum absolute atomic E-state index is 0.0996. The zero-order valence-corrected chi connectivity index (χ0v) is 16.6. The van der Waals surface area contributed by atoms with Crippen molar-refractivity contribution >= 4 is 35.2 Å². The number of hydrogen-bond acceptors (Lipinski definition) is 3. The number of carbonyl (C=O) groups excluding carboxylic acids is 2. The van der Waals surface area contributed by atoms with Crippen LogP contribution in [-0.4, -0.2) is 29.7 Å². The Morgan fingerprint density at radius 2 is 1.74 bits per heavy atom. The van der Waals surface area contributed by atoms with Gasteiger partial charge in [0.05, 0.1) is 5.75 Å². The topological polar surface area (TPSA) is 58.2 Å². The summed E-state index contributed by atoms with van der Waals surface area (Å²) in [6.45, 7) is 0. The number of halogens is 1. The number of nitrogens with one attached hydrogen (secondary N) is 2. The predicted molar refractivity (Wildman–Crippen MR) is 111 cm³/mol. The maximum Gasteiger partial charge on any atom is 0.243 e. The van der Waals surface area contributed by atoms with Gasteiger partial charge < -0.3 is 10.6 Å². The highest BCUT2D eigenvalue weighted by Crippen LogP contribution is 2.19. The lowest BCUT2D eigenvalue weighted by atomic mass is 10.1. The first-order valence-corrected chi connectivity index (χ1v) is 10.6. The van der Waals surface area contributed by atoms with Gasteiger partial charge in [0.15, 0.2) is 0 Å². The van der Waals surface area contributed by atoms with E-state index in [0.717, 1.165) is 29.7 Å². The summed E-state index contributed by atoms with van der Waals surface area (Å²) in [4.78, 5) is 24.9. The van der Waals surface area contributed by atoms with Crippen LogP contribution >= 0.6 is 23.4 Å². The summed E-state index contributed by atoms with van der Waals surface area (Å²) < 4.78 is 0. The van der Waals surface area contributed by atoms with Crippen molar-refractivity contribution in [2.24, 2.45) is 0 Å². The van der Waals surface area contributed by atoms with Crippen molar-refractivity contribution < 1.29 is 9.59 Å². The van der Waals surface area contributed by atoms with Gasteiger partial charge in [-0.1, -0.05) is 54.1 Å². The highest BCUT2D eigenvalue weighted by Gasteiger charge is 2.28. The molecule has 2 N–H and O–H groups in total. The Hall–Kier alpha value is -1.98. The Morgan fingerprint density at radius 3 is 2.41 bits per heavy atom. The van der Waals surface area contributed by atoms with Gasteiger partial charge >= 0.3 is 0 Å². The summed E-state index contributed by atoms with van der Waals surface area (Å²) >= 11 is 7.40. The molecule has 6 heteroatoms. The number of rotatable bonds is 9. The second kappa shape index (κ2) is 9.81. The van der Waals surface area contributed by atoms with Gasteiger partial charge in [-0.25, -0.2) is 0 Å². The number of carbonyl (C=O) groups is 2. The lowest BCUT2D eigenvalue weighted by Crippen LogP contribution is -2.49. The van der Waals surface area contributed by atoms with E-state index in [1.165, 1.54) is 11.8 Å². The molecule has 0 heterocycles. The highest BCUT2D eigenvalue weighted by molar-refractivity contribution is 7.99. The zero-order valence-electron chi connectivity index (χ0n) is 15.0. The second-order valence-electron chi connectivity index (χ2n) is 6.71. The summed E-state index contributed by atoms with van der Waals surface area (Å²) in [6.07, 6.45) is 2.54. The van der Waals surface area contributed by atoms with Gasteiger partial charge in [-0.05, 0) is 36.1 Å². The molecule has 1 atom stereocenters. The molecular formula is C21H23ClN2O2S. The quantitative estimate of drug-likeness (QED) is 0.674. The van der Waals surface area contributed by atoms with E-state index in [4.69, 9.17) is 11.6 Å². The molecule has 3 rings (SSSR count). The molecule has 142 valence electrons. The van der Waals surface area contributed by atoms with Crippen LogP contribution in [0.2, 0.25) is 5.02 Å². The fraction of sp³-hybridized carbons (Fsp3) is 0.333. The Bertz CT molecular complexity index is 764. The molecule has 4 nitrogen and oxygen atoms in total. The normalized spacial score (nSPS) is 14.4. The molecule has 1 aliphatic carbocycles. The van der Waals surface area contributed by atoms with Gasteiger partial charge in [-0.2, -0.15) is 0 Å². The van der Waals surface area contributed by atoms with Gasteiger partial charge in [0.2, 0.25) is 11.8 Å². The fourth-order valence-electron chi connectivity index (χ4n) is 2.67. The molecular weight excluding hydrogens is 380 g/mol. The Morgan fingerprint density at radius 1 is 1.04 bits per heavy atom. The largest absolute Gasteiger partial charge is 0.352 e. The fourth-order valence-corrected chi connectivity index (χ4v) is 3.59. The number of hydrogen-bond donors (Lipinski definition) is 2. The Labute approximate surface area is 169 Å². The maximum atomic E-state index is 12.5. The standard InChI is InChI=1S/C21H23ClN2O2S/c22-17-8-6-16(7-9-17)13-27-14-20(25)24-19(21(26)23-18-10-11-18)12-15-4-2-1-3-5-15/h1-9,18-19H,10-14H2,(H,23,26)(H,24,25). The molecule has 0 bridgehead atoms. The molecule has 1 fully saturated rings. The lowest BCUT2D eigenvalue weighted by molar-refractivity contribution is -0.128. The molecule has 1 unspecified atom stereocenters. The molecule has 2 amide bonds. The van der Waals surface area contributed by atoms with Crippen LogP contribution in [0.3, 0.4) is 0 Å². The molecule has 1 saturated carbocycles. The van der Waals surface area contributed by atoms with Crippen molar-refractivity contribution in [3.8, 4) is 0 Å². The van der Waals surface area contributed by atoms with E-state index < -0.39 is 6.04 Å². The molecule has 0 spiro atoms. The van der Waals surface area contributed by atoms with Crippen molar-refractivity contribution in [3.63, 3.8) is 0 Å². The van der Waals surface area contributed by atoms with Crippen molar-refractivity contribution in [1.82, 2.24) is 10.6 Å². The third-order valence-electron chi connectivity index (χ3n) is 4.27. The smallest absolute Gasteiger partial charge is 0.243 e. The lowest BCUT2D eigenvalue weighted by Gasteiger charge is -2.18. The maximum absolute atomic E-state index is 12.5. The molecule has 0 radical (unpaired) electrons. The predicted octanol–water partition coefficient (Wildman–Crippen LogP) is 3.58. The average molecular weight is 403 g/mol. The Balaban J connectivity index is 1.51. The third kappa shape index (κ3) is 6.92. The SMILES string of the molecule is O=C(CSCc1ccc(Cl)cc1)NC(Cc1ccccc1)C(=O)NC1CC1. The van der Waals surface area contributed by atoms with E-state index in [0.29, 0.717) is 17.2 Å². The molecule has 2 aromatic carbocycles. The molecule has 0 saturated heterocycles. The first-order chi connectivity index (χ1) is 13.1. The van der Waals surface area contributed by atoms with E-state index in [1.54, 1.807) is 0 Å². The van der Waals surface area contributed by atoms with Gasteiger partial charge in [0, 0.05) is 23.2 Å². The summed E-state index contributed by atoms with van der Waals surface area (Å²) in [5.41, 5.74) is 2.15. The van der Waals surface area contributed by atoms with Gasteiger partial charge in [-0.15, -0.1) is 11.8 Å². The van der Waals surface area contributed by atoms with Crippen molar-refractivity contribution in [2.75, 3.05) is 5.75 Å². The minimum Gasteiger partial charge on any atom is -0.352 e. The Kier molecular flexibility index (Phi) is 7.18. The summed E-state index contributed by atoms with van der Waals surface area (Å²) in [7, 11) is 0. The van der Waals surface area contributed by atoms with E-state index in [9.17, 15) is 9.59 Å². The molecule has 1 aliphatic rings. The van der Waals surface area contributed by atoms with Crippen LogP contribution in [0.15, 0.2) is 54.6 Å². The van der Waals surface area contributed by atoms with E-state index >= 15 is 0 Å². The second-order valence-corrected chi connectivity index (χ2v) is 8.13. The summed E-state index contributed by atoms with van der Waals surface area (Å²) in [6, 6.07) is 17.1. The van der Waals surface area contributed by atoms with Crippen LogP contribution in [0.4, 0.5) is 0 Å². The van der Waals surface area contributed by atoms with Crippen molar-refractivity contribution in [2.45, 2.75) is 37.1 Å². The third-order valence-corrected chi connectivity index (χ3v) is 5.53. The number of benzene rings is 2. The first kappa shape index (κ1) is 19.8. The van der Waals surface area contributed by atoms with Crippen LogP contribution in [0.5, 0.6) is 0 Å². The van der Waals surface area contributed by atoms with E-state index in [1.807, 2.05) is 54.6 Å². The molecule has 0 aromatic heterocycles. The van der Waals surface area contributed by atoms with E-state index in [-0.39, 0.29) is 17.9 Å². The van der Waals surface area contributed by atoms with Crippen molar-refractivity contribution in [3.05, 3.63) is 70.7 Å². The van der Waals surface area contributed by atoms with E-state index in [2.05, 4.69) is 10.6 Å². The number of thioether (sulfide) groups is 1. The van der Waals surface area contributed by atoms with Gasteiger partial charge in [0.1, 0.15) is 6.04 Å². The van der Waals surface area contributed by atoms with Gasteiger partial charge in [-0.3, -0.25) is 9.59 Å². The average Bonchev–Trinajstić information content (AvgIpc) is 3.48. The monoisotopic (exact) mass is 402 g/mol. The van der Waals surface area contributed by atoms with Crippen LogP contribution in [0.25, 0.3) is 0 Å². The zero-order chi connectivity index (χ0) is 19.1. The van der Waals surface area contributed by atoms with Crippen LogP contribution in [-0.2, 0) is 21.8 Å². The van der Waals surface area contributed by atoms with Crippen molar-refractivity contribution in [1.29, 1.82) is 0 Å². The number of amides is 2. The highest BCUT2D eigenvalue weighted by atomic mass is 35.5. The first-order valence-electron chi connectivity index (χ1n) is 9.06. The summed E-state index contributed by atoms with van der Waals surface area (Å²) in [5.74, 6) is 0.811. The van der Waals surface area contributed by atoms with Crippen LogP contribution in [0.1, 0.15) is 24.0 Å². The minimum atomic E-state index is -0.545. The molecule has 0 aliphatic heterocycles. The van der Waals surface area contributed by atoms with Crippen LogP contribution < -0.4 is 10.6 Å². The van der Waals surface area contributed by atoms with Crippen LogP contribution in [0, 0.1) is 0 Å². The summed E-state index contributed by atoms with van der Waals surface area (Å²) in [5, 5.41) is 6.60. The van der Waals surface area contributed by atoms with Gasteiger partial charge in [0.25, 0.3) is 0 Å². The molecule has 2 aromatic rings.